The van der Waals surface area contributed by atoms with Crippen LogP contribution in [0.1, 0.15) is 46.2 Å². The van der Waals surface area contributed by atoms with Crippen molar-refractivity contribution in [2.75, 3.05) is 9.80 Å². The van der Waals surface area contributed by atoms with Gasteiger partial charge in [-0.2, -0.15) is 0 Å². The summed E-state index contributed by atoms with van der Waals surface area (Å²) in [7, 11) is 0. The SMILES string of the molecule is Cc1cc(C)cc(N(c2ccc(-c3ccccc3)cc2)c2cc(-c3ccc4c(c3)C(C)c3ccccc3-4)cc(N(c3ccc(-c4ccccc4)cc3)c3cc(C)cc(C)c3)c2)c1. The molecule has 0 spiro atoms. The fraction of sp³-hybridized carbons (Fsp3) is 0.100. The first-order valence-electron chi connectivity index (χ1n) is 21.7. The first kappa shape index (κ1) is 38.8. The van der Waals surface area contributed by atoms with Crippen LogP contribution >= 0.6 is 0 Å². The second-order valence-electron chi connectivity index (χ2n) is 17.0. The Bertz CT molecular complexity index is 2860. The number of hydrogen-bond acceptors (Lipinski definition) is 2. The molecule has 0 N–H and O–H groups in total. The molecular formula is C60H50N2. The van der Waals surface area contributed by atoms with Crippen molar-refractivity contribution in [1.82, 2.24) is 0 Å². The fourth-order valence-electron chi connectivity index (χ4n) is 9.57. The van der Waals surface area contributed by atoms with Crippen molar-refractivity contribution in [3.63, 3.8) is 0 Å². The Hall–Kier alpha value is -7.42. The molecule has 0 aliphatic heterocycles. The standard InChI is InChI=1S/C60H50N2/c1-40-30-41(2)33-53(32-40)61(51-25-20-47(21-26-51)45-14-8-6-9-15-45)55-36-50(49-24-29-59-58-19-13-12-18-57(58)44(5)60(59)38-49)37-56(39-55)62(54-34-42(3)31-43(4)35-54)52-27-22-48(23-28-52)46-16-10-7-11-17-46/h6-39,44H,1-5H3. The van der Waals surface area contributed by atoms with Crippen molar-refractivity contribution < 1.29 is 0 Å². The Morgan fingerprint density at radius 2 is 0.661 bits per heavy atom. The Morgan fingerprint density at radius 1 is 0.274 bits per heavy atom. The molecule has 2 heteroatoms. The Morgan fingerprint density at radius 3 is 1.15 bits per heavy atom. The van der Waals surface area contributed by atoms with Gasteiger partial charge in [0.2, 0.25) is 0 Å². The van der Waals surface area contributed by atoms with E-state index in [-0.39, 0.29) is 0 Å². The first-order chi connectivity index (χ1) is 30.3. The van der Waals surface area contributed by atoms with E-state index in [2.05, 4.69) is 251 Å². The van der Waals surface area contributed by atoms with E-state index in [0.29, 0.717) is 5.92 Å². The first-order valence-corrected chi connectivity index (χ1v) is 21.7. The van der Waals surface area contributed by atoms with Gasteiger partial charge in [0.05, 0.1) is 0 Å². The summed E-state index contributed by atoms with van der Waals surface area (Å²) in [5.41, 5.74) is 24.1. The summed E-state index contributed by atoms with van der Waals surface area (Å²) in [6.07, 6.45) is 0. The molecule has 0 aromatic heterocycles. The topological polar surface area (TPSA) is 6.48 Å². The molecule has 0 radical (unpaired) electrons. The van der Waals surface area contributed by atoms with Gasteiger partial charge in [0.1, 0.15) is 0 Å². The highest BCUT2D eigenvalue weighted by Gasteiger charge is 2.26. The summed E-state index contributed by atoms with van der Waals surface area (Å²) in [5, 5.41) is 0. The van der Waals surface area contributed by atoms with Gasteiger partial charge in [0.25, 0.3) is 0 Å². The minimum Gasteiger partial charge on any atom is -0.310 e. The van der Waals surface area contributed by atoms with Gasteiger partial charge < -0.3 is 9.80 Å². The lowest BCUT2D eigenvalue weighted by Crippen LogP contribution is -2.14. The van der Waals surface area contributed by atoms with E-state index >= 15 is 0 Å². The largest absolute Gasteiger partial charge is 0.310 e. The number of anilines is 6. The van der Waals surface area contributed by atoms with Crippen LogP contribution in [-0.4, -0.2) is 0 Å². The highest BCUT2D eigenvalue weighted by Crippen LogP contribution is 2.48. The van der Waals surface area contributed by atoms with Crippen LogP contribution in [0.2, 0.25) is 0 Å². The van der Waals surface area contributed by atoms with Crippen LogP contribution in [0.3, 0.4) is 0 Å². The molecular weight excluding hydrogens is 749 g/mol. The van der Waals surface area contributed by atoms with E-state index in [1.54, 1.807) is 0 Å². The molecule has 62 heavy (non-hydrogen) atoms. The fourth-order valence-corrected chi connectivity index (χ4v) is 9.57. The number of nitrogens with zero attached hydrogens (tertiary/aromatic N) is 2. The second kappa shape index (κ2) is 16.2. The van der Waals surface area contributed by atoms with Gasteiger partial charge in [0.15, 0.2) is 0 Å². The van der Waals surface area contributed by atoms with E-state index in [1.807, 2.05) is 0 Å². The number of hydrogen-bond donors (Lipinski definition) is 0. The molecule has 9 aromatic rings. The van der Waals surface area contributed by atoms with Crippen LogP contribution in [0.15, 0.2) is 206 Å². The van der Waals surface area contributed by atoms with Crippen LogP contribution in [-0.2, 0) is 0 Å². The third-order valence-corrected chi connectivity index (χ3v) is 12.4. The molecule has 9 aromatic carbocycles. The quantitative estimate of drug-likeness (QED) is 0.144. The molecule has 0 saturated carbocycles. The number of rotatable bonds is 9. The van der Waals surface area contributed by atoms with Gasteiger partial charge in [-0.25, -0.2) is 0 Å². The second-order valence-corrected chi connectivity index (χ2v) is 17.0. The Kier molecular flexibility index (Phi) is 10.1. The van der Waals surface area contributed by atoms with Crippen LogP contribution in [0.5, 0.6) is 0 Å². The molecule has 0 bridgehead atoms. The van der Waals surface area contributed by atoms with E-state index in [4.69, 9.17) is 0 Å². The molecule has 2 nitrogen and oxygen atoms in total. The molecule has 1 atom stereocenters. The Labute approximate surface area is 367 Å². The third kappa shape index (κ3) is 7.50. The van der Waals surface area contributed by atoms with E-state index in [9.17, 15) is 0 Å². The molecule has 0 fully saturated rings. The van der Waals surface area contributed by atoms with Crippen molar-refractivity contribution in [1.29, 1.82) is 0 Å². The maximum Gasteiger partial charge on any atom is 0.0488 e. The highest BCUT2D eigenvalue weighted by molar-refractivity contribution is 5.90. The molecule has 0 amide bonds. The summed E-state index contributed by atoms with van der Waals surface area (Å²) in [4.78, 5) is 4.87. The molecule has 1 aliphatic rings. The maximum atomic E-state index is 2.44. The minimum atomic E-state index is 0.314. The lowest BCUT2D eigenvalue weighted by molar-refractivity contribution is 0.957. The zero-order valence-electron chi connectivity index (χ0n) is 36.1. The number of benzene rings is 9. The predicted octanol–water partition coefficient (Wildman–Crippen LogP) is 17.0. The third-order valence-electron chi connectivity index (χ3n) is 12.4. The zero-order chi connectivity index (χ0) is 42.3. The maximum absolute atomic E-state index is 2.44. The van der Waals surface area contributed by atoms with Crippen LogP contribution < -0.4 is 9.80 Å². The van der Waals surface area contributed by atoms with Gasteiger partial charge in [-0.1, -0.05) is 140 Å². The summed E-state index contributed by atoms with van der Waals surface area (Å²) < 4.78 is 0. The molecule has 10 rings (SSSR count). The lowest BCUT2D eigenvalue weighted by atomic mass is 9.94. The summed E-state index contributed by atoms with van der Waals surface area (Å²) in [6, 6.07) is 76.2. The van der Waals surface area contributed by atoms with E-state index in [0.717, 1.165) is 39.7 Å². The van der Waals surface area contributed by atoms with Crippen molar-refractivity contribution in [2.24, 2.45) is 0 Å². The normalized spacial score (nSPS) is 12.8. The van der Waals surface area contributed by atoms with Gasteiger partial charge in [-0.05, 0) is 178 Å². The molecule has 0 saturated heterocycles. The van der Waals surface area contributed by atoms with Crippen LogP contribution in [0, 0.1) is 27.7 Å². The van der Waals surface area contributed by atoms with Crippen molar-refractivity contribution >= 4 is 34.1 Å². The average molecular weight is 799 g/mol. The van der Waals surface area contributed by atoms with Gasteiger partial charge in [-0.3, -0.25) is 0 Å². The van der Waals surface area contributed by atoms with Gasteiger partial charge in [-0.15, -0.1) is 0 Å². The van der Waals surface area contributed by atoms with Crippen molar-refractivity contribution in [3.05, 3.63) is 240 Å². The number of fused-ring (bicyclic) bond motifs is 3. The summed E-state index contributed by atoms with van der Waals surface area (Å²) in [5.74, 6) is 0.314. The lowest BCUT2D eigenvalue weighted by Gasteiger charge is -2.31. The number of aryl methyl sites for hydroxylation is 4. The summed E-state index contributed by atoms with van der Waals surface area (Å²) in [6.45, 7) is 11.1. The Balaban J connectivity index is 1.20. The molecule has 1 unspecified atom stereocenters. The van der Waals surface area contributed by atoms with E-state index in [1.165, 1.54) is 72.3 Å². The molecule has 300 valence electrons. The molecule has 1 aliphatic carbocycles. The van der Waals surface area contributed by atoms with Crippen molar-refractivity contribution in [3.8, 4) is 44.5 Å². The average Bonchev–Trinajstić information content (AvgIpc) is 3.57. The van der Waals surface area contributed by atoms with Gasteiger partial charge in [0, 0.05) is 40.0 Å². The van der Waals surface area contributed by atoms with Crippen LogP contribution in [0.4, 0.5) is 34.1 Å². The zero-order valence-corrected chi connectivity index (χ0v) is 36.1. The smallest absolute Gasteiger partial charge is 0.0488 e. The van der Waals surface area contributed by atoms with E-state index < -0.39 is 0 Å². The summed E-state index contributed by atoms with van der Waals surface area (Å²) >= 11 is 0. The van der Waals surface area contributed by atoms with Crippen molar-refractivity contribution in [2.45, 2.75) is 40.5 Å². The van der Waals surface area contributed by atoms with Crippen LogP contribution in [0.25, 0.3) is 44.5 Å². The highest BCUT2D eigenvalue weighted by atomic mass is 15.2. The monoisotopic (exact) mass is 798 g/mol. The van der Waals surface area contributed by atoms with Gasteiger partial charge >= 0.3 is 0 Å². The minimum absolute atomic E-state index is 0.314. The molecule has 0 heterocycles. The predicted molar refractivity (Wildman–Crippen MR) is 264 cm³/mol.